The summed E-state index contributed by atoms with van der Waals surface area (Å²) in [6, 6.07) is 0. The van der Waals surface area contributed by atoms with E-state index in [9.17, 15) is 4.79 Å². The molecule has 0 amide bonds. The summed E-state index contributed by atoms with van der Waals surface area (Å²) in [7, 11) is 0. The Morgan fingerprint density at radius 3 is 1.59 bits per heavy atom. The Bertz CT molecular complexity index is 217. The molecule has 5 heteroatoms. The lowest BCUT2D eigenvalue weighted by molar-refractivity contribution is -0.148. The number of aliphatic hydroxyl groups is 3. The maximum absolute atomic E-state index is 10.1. The molecular formula is C12H26O5. The summed E-state index contributed by atoms with van der Waals surface area (Å²) in [5.41, 5.74) is -0.873. The van der Waals surface area contributed by atoms with Gasteiger partial charge in [-0.05, 0) is 25.7 Å². The maximum atomic E-state index is 10.1. The van der Waals surface area contributed by atoms with Gasteiger partial charge in [0.25, 0.3) is 0 Å². The summed E-state index contributed by atoms with van der Waals surface area (Å²) in [6.07, 6.45) is 0.105. The first-order valence-corrected chi connectivity index (χ1v) is 5.59. The number of carboxylic acids is 1. The van der Waals surface area contributed by atoms with Gasteiger partial charge in [0.1, 0.15) is 0 Å². The van der Waals surface area contributed by atoms with Crippen molar-refractivity contribution >= 4 is 5.97 Å². The summed E-state index contributed by atoms with van der Waals surface area (Å²) >= 11 is 0. The first kappa shape index (κ1) is 18.7. The molecule has 1 unspecified atom stereocenters. The van der Waals surface area contributed by atoms with Gasteiger partial charge in [-0.1, -0.05) is 20.8 Å². The Labute approximate surface area is 103 Å². The zero-order valence-electron chi connectivity index (χ0n) is 11.4. The molecule has 0 aliphatic carbocycles. The van der Waals surface area contributed by atoms with E-state index in [4.69, 9.17) is 20.4 Å². The van der Waals surface area contributed by atoms with Crippen LogP contribution in [0.1, 0.15) is 41.0 Å². The minimum Gasteiger partial charge on any atom is -0.481 e. The predicted molar refractivity (Wildman–Crippen MR) is 65.7 cm³/mol. The Morgan fingerprint density at radius 1 is 1.12 bits per heavy atom. The van der Waals surface area contributed by atoms with Crippen molar-refractivity contribution in [2.24, 2.45) is 10.8 Å². The molecule has 0 saturated carbocycles. The monoisotopic (exact) mass is 250 g/mol. The van der Waals surface area contributed by atoms with Crippen LogP contribution in [0.25, 0.3) is 0 Å². The van der Waals surface area contributed by atoms with Crippen molar-refractivity contribution in [2.75, 3.05) is 13.2 Å². The lowest BCUT2D eigenvalue weighted by Crippen LogP contribution is -2.27. The van der Waals surface area contributed by atoms with E-state index in [1.165, 1.54) is 13.8 Å². The van der Waals surface area contributed by atoms with Crippen molar-refractivity contribution in [3.8, 4) is 0 Å². The number of carboxylic acid groups (broad SMARTS) is 1. The molecule has 0 aromatic rings. The number of rotatable bonds is 4. The maximum Gasteiger partial charge on any atom is 0.311 e. The van der Waals surface area contributed by atoms with E-state index in [2.05, 4.69) is 0 Å². The Balaban J connectivity index is 0. The van der Waals surface area contributed by atoms with Gasteiger partial charge >= 0.3 is 5.97 Å². The molecule has 0 spiro atoms. The van der Waals surface area contributed by atoms with E-state index in [0.29, 0.717) is 6.42 Å². The van der Waals surface area contributed by atoms with Crippen molar-refractivity contribution < 1.29 is 25.2 Å². The van der Waals surface area contributed by atoms with Crippen LogP contribution in [0.4, 0.5) is 0 Å². The smallest absolute Gasteiger partial charge is 0.311 e. The average Bonchev–Trinajstić information content (AvgIpc) is 2.16. The van der Waals surface area contributed by atoms with Crippen LogP contribution < -0.4 is 0 Å². The van der Waals surface area contributed by atoms with Gasteiger partial charge in [-0.25, -0.2) is 0 Å². The lowest BCUT2D eigenvalue weighted by atomic mass is 9.89. The molecule has 17 heavy (non-hydrogen) atoms. The van der Waals surface area contributed by atoms with Crippen LogP contribution in [0.15, 0.2) is 0 Å². The van der Waals surface area contributed by atoms with Gasteiger partial charge in [0, 0.05) is 0 Å². The fourth-order valence-electron chi connectivity index (χ4n) is 0.839. The molecule has 0 fully saturated rings. The van der Waals surface area contributed by atoms with Crippen LogP contribution in [0.2, 0.25) is 0 Å². The second-order valence-electron chi connectivity index (χ2n) is 5.95. The normalized spacial score (nSPS) is 13.6. The molecule has 0 bridgehead atoms. The number of aliphatic hydroxyl groups excluding tert-OH is 3. The average molecular weight is 250 g/mol. The third-order valence-corrected chi connectivity index (χ3v) is 2.03. The molecule has 4 N–H and O–H groups in total. The van der Waals surface area contributed by atoms with E-state index < -0.39 is 17.5 Å². The van der Waals surface area contributed by atoms with Gasteiger partial charge in [0.15, 0.2) is 0 Å². The van der Waals surface area contributed by atoms with Gasteiger partial charge in [0.2, 0.25) is 0 Å². The van der Waals surface area contributed by atoms with Crippen LogP contribution in [0.5, 0.6) is 0 Å². The molecule has 1 atom stereocenters. The number of aliphatic carboxylic acids is 1. The zero-order valence-corrected chi connectivity index (χ0v) is 11.4. The third kappa shape index (κ3) is 11.6. The lowest BCUT2D eigenvalue weighted by Gasteiger charge is -2.20. The topological polar surface area (TPSA) is 98.0 Å². The SMILES string of the molecule is CC(C)(C)CC(O)CO.CC(C)(CO)C(=O)O. The summed E-state index contributed by atoms with van der Waals surface area (Å²) in [5.74, 6) is -0.972. The molecule has 0 heterocycles. The molecule has 0 saturated heterocycles. The predicted octanol–water partition coefficient (Wildman–Crippen LogP) is 0.865. The standard InChI is InChI=1S/C7H16O2.C5H10O3/c1-7(2,3)4-6(9)5-8;1-5(2,3-6)4(7)8/h6,8-9H,4-5H2,1-3H3;6H,3H2,1-2H3,(H,7,8). The van der Waals surface area contributed by atoms with Gasteiger partial charge in [-0.3, -0.25) is 4.79 Å². The molecule has 0 rings (SSSR count). The third-order valence-electron chi connectivity index (χ3n) is 2.03. The highest BCUT2D eigenvalue weighted by atomic mass is 16.4. The van der Waals surface area contributed by atoms with Crippen molar-refractivity contribution in [2.45, 2.75) is 47.1 Å². The highest BCUT2D eigenvalue weighted by Crippen LogP contribution is 2.20. The van der Waals surface area contributed by atoms with E-state index in [1.807, 2.05) is 20.8 Å². The largest absolute Gasteiger partial charge is 0.481 e. The van der Waals surface area contributed by atoms with Crippen LogP contribution in [0.3, 0.4) is 0 Å². The molecule has 104 valence electrons. The van der Waals surface area contributed by atoms with Crippen LogP contribution in [-0.2, 0) is 4.79 Å². The van der Waals surface area contributed by atoms with Crippen molar-refractivity contribution in [1.29, 1.82) is 0 Å². The minimum atomic E-state index is -0.986. The van der Waals surface area contributed by atoms with Crippen LogP contribution in [0, 0.1) is 10.8 Å². The first-order chi connectivity index (χ1) is 7.46. The fourth-order valence-corrected chi connectivity index (χ4v) is 0.839. The molecule has 5 nitrogen and oxygen atoms in total. The van der Waals surface area contributed by atoms with E-state index in [-0.39, 0.29) is 18.6 Å². The van der Waals surface area contributed by atoms with E-state index in [1.54, 1.807) is 0 Å². The Morgan fingerprint density at radius 2 is 1.53 bits per heavy atom. The molecule has 0 radical (unpaired) electrons. The summed E-state index contributed by atoms with van der Waals surface area (Å²) in [6.45, 7) is 8.59. The van der Waals surface area contributed by atoms with Gasteiger partial charge < -0.3 is 20.4 Å². The number of hydrogen-bond donors (Lipinski definition) is 4. The molecular weight excluding hydrogens is 224 g/mol. The minimum absolute atomic E-state index is 0.113. The van der Waals surface area contributed by atoms with Crippen molar-refractivity contribution in [3.63, 3.8) is 0 Å². The van der Waals surface area contributed by atoms with E-state index >= 15 is 0 Å². The highest BCUT2D eigenvalue weighted by Gasteiger charge is 2.25. The Hall–Kier alpha value is -0.650. The summed E-state index contributed by atoms with van der Waals surface area (Å²) in [4.78, 5) is 10.1. The molecule has 0 aliphatic rings. The van der Waals surface area contributed by atoms with E-state index in [0.717, 1.165) is 0 Å². The first-order valence-electron chi connectivity index (χ1n) is 5.59. The second kappa shape index (κ2) is 7.63. The summed E-state index contributed by atoms with van der Waals surface area (Å²) in [5, 5.41) is 34.1. The quantitative estimate of drug-likeness (QED) is 0.593. The van der Waals surface area contributed by atoms with Crippen LogP contribution in [-0.4, -0.2) is 45.7 Å². The van der Waals surface area contributed by atoms with Gasteiger partial charge in [-0.15, -0.1) is 0 Å². The van der Waals surface area contributed by atoms with Crippen molar-refractivity contribution in [1.82, 2.24) is 0 Å². The Kier molecular flexibility index (Phi) is 8.40. The molecule has 0 aromatic carbocycles. The van der Waals surface area contributed by atoms with Gasteiger partial charge in [0.05, 0.1) is 24.7 Å². The fraction of sp³-hybridized carbons (Fsp3) is 0.917. The zero-order chi connectivity index (χ0) is 14.3. The molecule has 0 aliphatic heterocycles. The summed E-state index contributed by atoms with van der Waals surface area (Å²) < 4.78 is 0. The number of hydrogen-bond acceptors (Lipinski definition) is 4. The molecule has 0 aromatic heterocycles. The van der Waals surface area contributed by atoms with Gasteiger partial charge in [-0.2, -0.15) is 0 Å². The number of carbonyl (C=O) groups is 1. The van der Waals surface area contributed by atoms with Crippen molar-refractivity contribution in [3.05, 3.63) is 0 Å². The highest BCUT2D eigenvalue weighted by molar-refractivity contribution is 5.73. The van der Waals surface area contributed by atoms with Crippen LogP contribution >= 0.6 is 0 Å². The second-order valence-corrected chi connectivity index (χ2v) is 5.95.